The summed E-state index contributed by atoms with van der Waals surface area (Å²) in [5.41, 5.74) is 3.50. The molecule has 176 valence electrons. The minimum Gasteiger partial charge on any atom is -0.489 e. The smallest absolute Gasteiger partial charge is 0.253 e. The fraction of sp³-hybridized carbons (Fsp3) is 0.259. The van der Waals surface area contributed by atoms with Crippen molar-refractivity contribution in [2.45, 2.75) is 32.4 Å². The van der Waals surface area contributed by atoms with Gasteiger partial charge in [-0.2, -0.15) is 0 Å². The van der Waals surface area contributed by atoms with Gasteiger partial charge in [-0.1, -0.05) is 24.3 Å². The maximum Gasteiger partial charge on any atom is 0.253 e. The molecule has 2 N–H and O–H groups in total. The van der Waals surface area contributed by atoms with Gasteiger partial charge in [-0.05, 0) is 91.1 Å². The lowest BCUT2D eigenvalue weighted by Crippen LogP contribution is -2.35. The Labute approximate surface area is 204 Å². The van der Waals surface area contributed by atoms with Gasteiger partial charge in [0.2, 0.25) is 0 Å². The van der Waals surface area contributed by atoms with E-state index in [1.165, 1.54) is 18.6 Å². The van der Waals surface area contributed by atoms with Crippen LogP contribution in [0.3, 0.4) is 0 Å². The van der Waals surface area contributed by atoms with Crippen molar-refractivity contribution >= 4 is 28.9 Å². The number of carbonyl (C=O) groups excluding carboxylic acids is 1. The molecule has 34 heavy (non-hydrogen) atoms. The second kappa shape index (κ2) is 11.6. The number of carbonyl (C=O) groups is 1. The molecule has 1 heterocycles. The number of anilines is 1. The summed E-state index contributed by atoms with van der Waals surface area (Å²) in [4.78, 5) is 14.5. The van der Waals surface area contributed by atoms with Crippen LogP contribution in [0.15, 0.2) is 72.8 Å². The summed E-state index contributed by atoms with van der Waals surface area (Å²) in [7, 11) is 0. The van der Waals surface area contributed by atoms with Crippen LogP contribution in [-0.4, -0.2) is 29.0 Å². The number of nitrogens with one attached hydrogen (secondary N) is 2. The van der Waals surface area contributed by atoms with Gasteiger partial charge in [0.1, 0.15) is 18.2 Å². The van der Waals surface area contributed by atoms with Gasteiger partial charge in [0, 0.05) is 30.9 Å². The molecule has 4 rings (SSSR count). The zero-order chi connectivity index (χ0) is 23.8. The molecule has 0 radical (unpaired) electrons. The van der Waals surface area contributed by atoms with Crippen molar-refractivity contribution in [3.05, 3.63) is 95.3 Å². The zero-order valence-electron chi connectivity index (χ0n) is 18.9. The number of hydrogen-bond donors (Lipinski definition) is 2. The lowest BCUT2D eigenvalue weighted by atomic mass is 10.1. The van der Waals surface area contributed by atoms with E-state index in [-0.39, 0.29) is 11.7 Å². The van der Waals surface area contributed by atoms with E-state index in [4.69, 9.17) is 17.0 Å². The fourth-order valence-electron chi connectivity index (χ4n) is 3.78. The highest BCUT2D eigenvalue weighted by Gasteiger charge is 2.17. The molecule has 0 aromatic heterocycles. The largest absolute Gasteiger partial charge is 0.489 e. The Morgan fingerprint density at radius 3 is 2.21 bits per heavy atom. The molecule has 0 spiro atoms. The van der Waals surface area contributed by atoms with Crippen LogP contribution in [0.25, 0.3) is 0 Å². The average molecular weight is 478 g/mol. The number of halogens is 1. The van der Waals surface area contributed by atoms with Gasteiger partial charge in [0.15, 0.2) is 5.11 Å². The first-order chi connectivity index (χ1) is 16.6. The zero-order valence-corrected chi connectivity index (χ0v) is 19.7. The summed E-state index contributed by atoms with van der Waals surface area (Å²) in [6.45, 7) is 2.63. The summed E-state index contributed by atoms with van der Waals surface area (Å²) < 4.78 is 18.7. The summed E-state index contributed by atoms with van der Waals surface area (Å²) in [6.07, 6.45) is 3.36. The van der Waals surface area contributed by atoms with Gasteiger partial charge < -0.3 is 20.3 Å². The highest BCUT2D eigenvalue weighted by Crippen LogP contribution is 2.17. The predicted molar refractivity (Wildman–Crippen MR) is 136 cm³/mol. The quantitative estimate of drug-likeness (QED) is 0.439. The van der Waals surface area contributed by atoms with Gasteiger partial charge >= 0.3 is 0 Å². The number of likely N-dealkylation sites (tertiary alicyclic amines) is 1. The van der Waals surface area contributed by atoms with Crippen molar-refractivity contribution in [1.29, 1.82) is 0 Å². The molecule has 7 heteroatoms. The Morgan fingerprint density at radius 2 is 1.53 bits per heavy atom. The lowest BCUT2D eigenvalue weighted by molar-refractivity contribution is 0.0724. The molecule has 1 amide bonds. The van der Waals surface area contributed by atoms with E-state index in [9.17, 15) is 9.18 Å². The molecule has 0 bridgehead atoms. The Kier molecular flexibility index (Phi) is 8.09. The standard InChI is InChI=1S/C27H28FN3O2S/c28-23-10-4-21(5-11-23)19-33-25-14-6-20(7-15-25)18-29-27(34)30-24-12-8-22(9-13-24)26(32)31-16-2-1-3-17-31/h4-15H,1-3,16-19H2,(H2,29,30,34). The van der Waals surface area contributed by atoms with Crippen molar-refractivity contribution in [2.75, 3.05) is 18.4 Å². The highest BCUT2D eigenvalue weighted by atomic mass is 32.1. The minimum atomic E-state index is -0.256. The van der Waals surface area contributed by atoms with Crippen LogP contribution in [0, 0.1) is 5.82 Å². The minimum absolute atomic E-state index is 0.0945. The van der Waals surface area contributed by atoms with E-state index in [0.29, 0.717) is 23.8 Å². The molecule has 0 atom stereocenters. The Morgan fingerprint density at radius 1 is 0.882 bits per heavy atom. The summed E-state index contributed by atoms with van der Waals surface area (Å²) >= 11 is 5.40. The van der Waals surface area contributed by atoms with Crippen molar-refractivity contribution in [3.8, 4) is 5.75 Å². The highest BCUT2D eigenvalue weighted by molar-refractivity contribution is 7.80. The van der Waals surface area contributed by atoms with Gasteiger partial charge in [-0.15, -0.1) is 0 Å². The van der Waals surface area contributed by atoms with Crippen LogP contribution < -0.4 is 15.4 Å². The first-order valence-electron chi connectivity index (χ1n) is 11.5. The summed E-state index contributed by atoms with van der Waals surface area (Å²) in [6, 6.07) is 21.4. The maximum absolute atomic E-state index is 13.0. The van der Waals surface area contributed by atoms with E-state index in [1.807, 2.05) is 53.4 Å². The molecule has 5 nitrogen and oxygen atoms in total. The second-order valence-corrected chi connectivity index (χ2v) is 8.71. The van der Waals surface area contributed by atoms with Crippen molar-refractivity contribution in [2.24, 2.45) is 0 Å². The summed E-state index contributed by atoms with van der Waals surface area (Å²) in [5, 5.41) is 6.85. The van der Waals surface area contributed by atoms with Gasteiger partial charge in [-0.25, -0.2) is 4.39 Å². The number of nitrogens with zero attached hydrogens (tertiary/aromatic N) is 1. The van der Waals surface area contributed by atoms with Gasteiger partial charge in [0.25, 0.3) is 5.91 Å². The Hall–Kier alpha value is -3.45. The molecule has 0 unspecified atom stereocenters. The predicted octanol–water partition coefficient (Wildman–Crippen LogP) is 5.52. The molecule has 3 aromatic rings. The van der Waals surface area contributed by atoms with Crippen molar-refractivity contribution in [1.82, 2.24) is 10.2 Å². The average Bonchev–Trinajstić information content (AvgIpc) is 2.88. The first-order valence-corrected chi connectivity index (χ1v) is 11.9. The van der Waals surface area contributed by atoms with E-state index in [1.54, 1.807) is 12.1 Å². The molecule has 1 aliphatic heterocycles. The van der Waals surface area contributed by atoms with E-state index >= 15 is 0 Å². The summed E-state index contributed by atoms with van der Waals surface area (Å²) in [5.74, 6) is 0.581. The van der Waals surface area contributed by atoms with Crippen LogP contribution in [0.1, 0.15) is 40.7 Å². The third-order valence-corrected chi connectivity index (χ3v) is 5.97. The van der Waals surface area contributed by atoms with Crippen LogP contribution in [0.2, 0.25) is 0 Å². The van der Waals surface area contributed by atoms with Gasteiger partial charge in [0.05, 0.1) is 0 Å². The topological polar surface area (TPSA) is 53.6 Å². The number of thiocarbonyl (C=S) groups is 1. The van der Waals surface area contributed by atoms with Gasteiger partial charge in [-0.3, -0.25) is 4.79 Å². The molecule has 1 saturated heterocycles. The third kappa shape index (κ3) is 6.78. The second-order valence-electron chi connectivity index (χ2n) is 8.30. The molecule has 1 aliphatic rings. The van der Waals surface area contributed by atoms with Crippen molar-refractivity contribution < 1.29 is 13.9 Å². The Balaban J connectivity index is 1.21. The number of amides is 1. The fourth-order valence-corrected chi connectivity index (χ4v) is 3.97. The van der Waals surface area contributed by atoms with E-state index < -0.39 is 0 Å². The van der Waals surface area contributed by atoms with Crippen molar-refractivity contribution in [3.63, 3.8) is 0 Å². The first kappa shape index (κ1) is 23.7. The molecular weight excluding hydrogens is 449 g/mol. The van der Waals surface area contributed by atoms with E-state index in [2.05, 4.69) is 10.6 Å². The third-order valence-electron chi connectivity index (χ3n) is 5.73. The molecule has 0 aliphatic carbocycles. The molecule has 3 aromatic carbocycles. The Bertz CT molecular complexity index is 1100. The normalized spacial score (nSPS) is 13.3. The van der Waals surface area contributed by atoms with Crippen LogP contribution in [0.5, 0.6) is 5.75 Å². The molecular formula is C27H28FN3O2S. The van der Waals surface area contributed by atoms with Crippen LogP contribution in [-0.2, 0) is 13.2 Å². The van der Waals surface area contributed by atoms with Crippen LogP contribution in [0.4, 0.5) is 10.1 Å². The number of rotatable bonds is 7. The van der Waals surface area contributed by atoms with E-state index in [0.717, 1.165) is 48.5 Å². The number of ether oxygens (including phenoxy) is 1. The van der Waals surface area contributed by atoms with Crippen LogP contribution >= 0.6 is 12.2 Å². The molecule has 0 saturated carbocycles. The SMILES string of the molecule is O=C(c1ccc(NC(=S)NCc2ccc(OCc3ccc(F)cc3)cc2)cc1)N1CCCCC1. The maximum atomic E-state index is 13.0. The monoisotopic (exact) mass is 477 g/mol. The molecule has 1 fully saturated rings. The number of hydrogen-bond acceptors (Lipinski definition) is 3. The number of piperidine rings is 1. The number of benzene rings is 3. The lowest BCUT2D eigenvalue weighted by Gasteiger charge is -2.26.